The molecule has 10 heteroatoms. The fourth-order valence-electron chi connectivity index (χ4n) is 5.00. The monoisotopic (exact) mass is 499 g/mol. The molecule has 4 nitrogen and oxygen atoms in total. The number of hydrogen-bond donors (Lipinski definition) is 0. The smallest absolute Gasteiger partial charge is 0.338 e. The summed E-state index contributed by atoms with van der Waals surface area (Å²) in [6.45, 7) is 4.02. The molecule has 1 amide bonds. The summed E-state index contributed by atoms with van der Waals surface area (Å²) in [4.78, 5) is 19.2. The van der Waals surface area contributed by atoms with Gasteiger partial charge in [-0.15, -0.1) is 0 Å². The topological polar surface area (TPSA) is 26.8 Å². The summed E-state index contributed by atoms with van der Waals surface area (Å²) in [5.41, 5.74) is -2.57. The molecule has 2 heterocycles. The number of benzene rings is 2. The molecule has 0 spiro atoms. The zero-order valence-electron chi connectivity index (χ0n) is 19.2. The first-order chi connectivity index (χ1) is 16.4. The largest absolute Gasteiger partial charge is 0.416 e. The number of alkyl halides is 6. The molecule has 0 bridgehead atoms. The summed E-state index contributed by atoms with van der Waals surface area (Å²) in [6.07, 6.45) is -9.42. The summed E-state index contributed by atoms with van der Waals surface area (Å²) in [5, 5.41) is 0. The molecule has 4 rings (SSSR count). The van der Waals surface area contributed by atoms with E-state index in [4.69, 9.17) is 0 Å². The van der Waals surface area contributed by atoms with Gasteiger partial charge in [0.15, 0.2) is 0 Å². The van der Waals surface area contributed by atoms with Crippen LogP contribution in [0.4, 0.5) is 26.3 Å². The van der Waals surface area contributed by atoms with E-state index in [0.29, 0.717) is 18.6 Å². The van der Waals surface area contributed by atoms with Gasteiger partial charge in [0, 0.05) is 56.8 Å². The van der Waals surface area contributed by atoms with Gasteiger partial charge in [-0.25, -0.2) is 0 Å². The van der Waals surface area contributed by atoms with Gasteiger partial charge in [0.2, 0.25) is 0 Å². The van der Waals surface area contributed by atoms with E-state index in [0.717, 1.165) is 31.7 Å². The Balaban J connectivity index is 1.63. The van der Waals surface area contributed by atoms with Gasteiger partial charge in [0.1, 0.15) is 0 Å². The van der Waals surface area contributed by atoms with Gasteiger partial charge in [-0.05, 0) is 37.2 Å². The number of halogens is 6. The van der Waals surface area contributed by atoms with Crippen LogP contribution in [0.2, 0.25) is 0 Å². The van der Waals surface area contributed by atoms with Crippen LogP contribution in [0.15, 0.2) is 48.5 Å². The number of piperazine rings is 1. The third-order valence-corrected chi connectivity index (χ3v) is 6.93. The Morgan fingerprint density at radius 3 is 1.94 bits per heavy atom. The standard InChI is InChI=1S/C25H27F6N3O/c1-32-9-11-33(12-10-32)22-7-8-34(16-21(22)17-5-3-2-4-6-17)23(35)18-13-19(24(26,27)28)15-20(14-18)25(29,30)31/h2-6,13-15,21-22H,7-12,16H2,1H3/t21-,22-/m1/s1. The van der Waals surface area contributed by atoms with Crippen molar-refractivity contribution in [3.63, 3.8) is 0 Å². The van der Waals surface area contributed by atoms with Gasteiger partial charge >= 0.3 is 12.4 Å². The number of hydrogen-bond acceptors (Lipinski definition) is 3. The molecule has 2 saturated heterocycles. The summed E-state index contributed by atoms with van der Waals surface area (Å²) in [7, 11) is 2.05. The highest BCUT2D eigenvalue weighted by Crippen LogP contribution is 2.37. The van der Waals surface area contributed by atoms with E-state index in [1.54, 1.807) is 0 Å². The number of nitrogens with zero attached hydrogens (tertiary/aromatic N) is 3. The molecule has 190 valence electrons. The molecular formula is C25H27F6N3O. The molecule has 2 fully saturated rings. The molecule has 35 heavy (non-hydrogen) atoms. The van der Waals surface area contributed by atoms with Crippen LogP contribution in [-0.4, -0.2) is 73.0 Å². The maximum atomic E-state index is 13.3. The molecular weight excluding hydrogens is 472 g/mol. The minimum Gasteiger partial charge on any atom is -0.338 e. The first kappa shape index (κ1) is 25.5. The Labute approximate surface area is 200 Å². The highest BCUT2D eigenvalue weighted by molar-refractivity contribution is 5.95. The third-order valence-electron chi connectivity index (χ3n) is 6.93. The second-order valence-electron chi connectivity index (χ2n) is 9.26. The summed E-state index contributed by atoms with van der Waals surface area (Å²) < 4.78 is 79.9. The fraction of sp³-hybridized carbons (Fsp3) is 0.480. The fourth-order valence-corrected chi connectivity index (χ4v) is 5.00. The number of amides is 1. The van der Waals surface area contributed by atoms with Crippen LogP contribution in [-0.2, 0) is 12.4 Å². The van der Waals surface area contributed by atoms with Crippen LogP contribution in [0.3, 0.4) is 0 Å². The lowest BCUT2D eigenvalue weighted by atomic mass is 9.84. The normalized spacial score (nSPS) is 22.9. The summed E-state index contributed by atoms with van der Waals surface area (Å²) in [5.74, 6) is -0.926. The molecule has 0 aliphatic carbocycles. The molecule has 0 radical (unpaired) electrons. The van der Waals surface area contributed by atoms with E-state index >= 15 is 0 Å². The zero-order chi connectivity index (χ0) is 25.4. The average Bonchev–Trinajstić information content (AvgIpc) is 2.83. The van der Waals surface area contributed by atoms with Gasteiger partial charge < -0.3 is 9.80 Å². The average molecular weight is 499 g/mol. The third kappa shape index (κ3) is 5.81. The highest BCUT2D eigenvalue weighted by Gasteiger charge is 2.40. The molecule has 0 unspecified atom stereocenters. The van der Waals surface area contributed by atoms with Crippen molar-refractivity contribution >= 4 is 5.91 Å². The van der Waals surface area contributed by atoms with Crippen molar-refractivity contribution in [2.75, 3.05) is 46.3 Å². The van der Waals surface area contributed by atoms with Crippen LogP contribution in [0.5, 0.6) is 0 Å². The quantitative estimate of drug-likeness (QED) is 0.558. The van der Waals surface area contributed by atoms with E-state index in [9.17, 15) is 31.1 Å². The van der Waals surface area contributed by atoms with E-state index in [1.807, 2.05) is 30.3 Å². The van der Waals surface area contributed by atoms with Gasteiger partial charge in [0.25, 0.3) is 5.91 Å². The lowest BCUT2D eigenvalue weighted by Crippen LogP contribution is -2.56. The predicted molar refractivity (Wildman–Crippen MR) is 119 cm³/mol. The number of piperidine rings is 1. The Kier molecular flexibility index (Phi) is 7.15. The van der Waals surface area contributed by atoms with Crippen molar-refractivity contribution in [1.29, 1.82) is 0 Å². The van der Waals surface area contributed by atoms with E-state index < -0.39 is 35.0 Å². The van der Waals surface area contributed by atoms with Crippen LogP contribution in [0, 0.1) is 0 Å². The zero-order valence-corrected chi connectivity index (χ0v) is 19.2. The maximum Gasteiger partial charge on any atom is 0.416 e. The van der Waals surface area contributed by atoms with Crippen LogP contribution in [0.25, 0.3) is 0 Å². The van der Waals surface area contributed by atoms with Crippen LogP contribution < -0.4 is 0 Å². The molecule has 2 aliphatic rings. The van der Waals surface area contributed by atoms with E-state index in [2.05, 4.69) is 16.8 Å². The Hall–Kier alpha value is -2.59. The molecule has 0 aromatic heterocycles. The SMILES string of the molecule is CN1CCN([C@@H]2CCN(C(=O)c3cc(C(F)(F)F)cc(C(F)(F)F)c3)C[C@@H]2c2ccccc2)CC1. The molecule has 2 aromatic rings. The minimum atomic E-state index is -5.00. The van der Waals surface area contributed by atoms with Crippen molar-refractivity contribution < 1.29 is 31.1 Å². The lowest BCUT2D eigenvalue weighted by Gasteiger charge is -2.46. The number of likely N-dealkylation sites (tertiary alicyclic amines) is 1. The predicted octanol–water partition coefficient (Wildman–Crippen LogP) is 4.97. The minimum absolute atomic E-state index is 0.0448. The van der Waals surface area contributed by atoms with Crippen molar-refractivity contribution in [2.24, 2.45) is 0 Å². The van der Waals surface area contributed by atoms with Gasteiger partial charge in [-0.3, -0.25) is 9.69 Å². The van der Waals surface area contributed by atoms with E-state index in [-0.39, 0.29) is 31.1 Å². The first-order valence-electron chi connectivity index (χ1n) is 11.5. The van der Waals surface area contributed by atoms with Crippen molar-refractivity contribution in [2.45, 2.75) is 30.7 Å². The highest BCUT2D eigenvalue weighted by atomic mass is 19.4. The number of carbonyl (C=O) groups excluding carboxylic acids is 1. The van der Waals surface area contributed by atoms with Crippen molar-refractivity contribution in [1.82, 2.24) is 14.7 Å². The maximum absolute atomic E-state index is 13.3. The van der Waals surface area contributed by atoms with Gasteiger partial charge in [0.05, 0.1) is 11.1 Å². The summed E-state index contributed by atoms with van der Waals surface area (Å²) >= 11 is 0. The second-order valence-corrected chi connectivity index (χ2v) is 9.26. The molecule has 0 saturated carbocycles. The Morgan fingerprint density at radius 1 is 0.829 bits per heavy atom. The Morgan fingerprint density at radius 2 is 1.40 bits per heavy atom. The molecule has 2 aliphatic heterocycles. The Bertz CT molecular complexity index is 999. The lowest BCUT2D eigenvalue weighted by molar-refractivity contribution is -0.143. The first-order valence-corrected chi connectivity index (χ1v) is 11.5. The number of rotatable bonds is 3. The molecule has 2 aromatic carbocycles. The molecule has 2 atom stereocenters. The van der Waals surface area contributed by atoms with Crippen molar-refractivity contribution in [3.05, 3.63) is 70.8 Å². The second kappa shape index (κ2) is 9.81. The number of likely N-dealkylation sites (N-methyl/N-ethyl adjacent to an activating group) is 1. The van der Waals surface area contributed by atoms with E-state index in [1.165, 1.54) is 4.90 Å². The van der Waals surface area contributed by atoms with Crippen LogP contribution in [0.1, 0.15) is 39.4 Å². The summed E-state index contributed by atoms with van der Waals surface area (Å²) in [6, 6.07) is 10.8. The van der Waals surface area contributed by atoms with Crippen molar-refractivity contribution in [3.8, 4) is 0 Å². The van der Waals surface area contributed by atoms with Gasteiger partial charge in [-0.1, -0.05) is 30.3 Å². The number of carbonyl (C=O) groups is 1. The molecule has 0 N–H and O–H groups in total. The van der Waals surface area contributed by atoms with Gasteiger partial charge in [-0.2, -0.15) is 26.3 Å². The van der Waals surface area contributed by atoms with Crippen LogP contribution >= 0.6 is 0 Å².